The first-order valence-corrected chi connectivity index (χ1v) is 4.52. The van der Waals surface area contributed by atoms with Crippen molar-refractivity contribution >= 4 is 11.8 Å². The molecule has 0 aromatic rings. The van der Waals surface area contributed by atoms with E-state index in [1.54, 1.807) is 0 Å². The molecule has 0 aromatic carbocycles. The van der Waals surface area contributed by atoms with Crippen LogP contribution in [0.25, 0.3) is 0 Å². The van der Waals surface area contributed by atoms with Gasteiger partial charge in [-0.2, -0.15) is 0 Å². The molecule has 0 atom stereocenters. The molecule has 0 spiro atoms. The Kier molecular flexibility index (Phi) is 1.87. The summed E-state index contributed by atoms with van der Waals surface area (Å²) in [7, 11) is 0. The predicted octanol–water partition coefficient (Wildman–Crippen LogP) is 0.457. The molecule has 0 radical (unpaired) electrons. The maximum atomic E-state index is 11.7. The molecule has 0 aromatic heterocycles. The standard InChI is InChI=1S/C9H12O4/c10-7(6-2-1-3-6)9(8(11)12)4-13-5-9/h6H,1-5H2,(H,11,12). The summed E-state index contributed by atoms with van der Waals surface area (Å²) in [5.74, 6) is -1.15. The first kappa shape index (κ1) is 8.69. The molecule has 1 aliphatic carbocycles. The van der Waals surface area contributed by atoms with E-state index in [4.69, 9.17) is 9.84 Å². The van der Waals surface area contributed by atoms with Crippen molar-refractivity contribution in [3.63, 3.8) is 0 Å². The zero-order chi connectivity index (χ0) is 9.47. The third-order valence-electron chi connectivity index (χ3n) is 3.05. The molecule has 2 fully saturated rings. The van der Waals surface area contributed by atoms with Crippen LogP contribution < -0.4 is 0 Å². The Hall–Kier alpha value is -0.900. The quantitative estimate of drug-likeness (QED) is 0.647. The molecule has 1 N–H and O–H groups in total. The lowest BCUT2D eigenvalue weighted by atomic mass is 9.69. The molecule has 4 heteroatoms. The van der Waals surface area contributed by atoms with E-state index in [9.17, 15) is 9.59 Å². The molecule has 2 rings (SSSR count). The maximum absolute atomic E-state index is 11.7. The van der Waals surface area contributed by atoms with Gasteiger partial charge in [0.25, 0.3) is 0 Å². The van der Waals surface area contributed by atoms with Crippen molar-refractivity contribution in [2.24, 2.45) is 11.3 Å². The third-order valence-corrected chi connectivity index (χ3v) is 3.05. The number of ketones is 1. The summed E-state index contributed by atoms with van der Waals surface area (Å²) in [5.41, 5.74) is -1.19. The Bertz CT molecular complexity index is 250. The largest absolute Gasteiger partial charge is 0.480 e. The van der Waals surface area contributed by atoms with Gasteiger partial charge in [-0.25, -0.2) is 0 Å². The Morgan fingerprint density at radius 2 is 1.92 bits per heavy atom. The summed E-state index contributed by atoms with van der Waals surface area (Å²) in [6, 6.07) is 0. The van der Waals surface area contributed by atoms with Crippen LogP contribution in [0, 0.1) is 11.3 Å². The fourth-order valence-electron chi connectivity index (χ4n) is 1.74. The van der Waals surface area contributed by atoms with Crippen molar-refractivity contribution in [1.82, 2.24) is 0 Å². The number of hydrogen-bond acceptors (Lipinski definition) is 3. The highest BCUT2D eigenvalue weighted by atomic mass is 16.5. The number of ether oxygens (including phenoxy) is 1. The number of carbonyl (C=O) groups is 2. The number of carboxylic acids is 1. The average molecular weight is 184 g/mol. The first-order valence-electron chi connectivity index (χ1n) is 4.52. The highest BCUT2D eigenvalue weighted by Gasteiger charge is 2.55. The zero-order valence-corrected chi connectivity index (χ0v) is 7.28. The van der Waals surface area contributed by atoms with Crippen LogP contribution in [0.4, 0.5) is 0 Å². The van der Waals surface area contributed by atoms with E-state index >= 15 is 0 Å². The summed E-state index contributed by atoms with van der Waals surface area (Å²) in [6.07, 6.45) is 2.76. The molecule has 1 saturated carbocycles. The van der Waals surface area contributed by atoms with Gasteiger partial charge in [-0.1, -0.05) is 6.42 Å². The van der Waals surface area contributed by atoms with Crippen molar-refractivity contribution in [1.29, 1.82) is 0 Å². The van der Waals surface area contributed by atoms with Gasteiger partial charge in [-0.3, -0.25) is 9.59 Å². The highest BCUT2D eigenvalue weighted by Crippen LogP contribution is 2.38. The maximum Gasteiger partial charge on any atom is 0.322 e. The molecule has 1 aliphatic heterocycles. The lowest BCUT2D eigenvalue weighted by Gasteiger charge is -2.40. The average Bonchev–Trinajstić information content (AvgIpc) is 1.77. The fraction of sp³-hybridized carbons (Fsp3) is 0.778. The Morgan fingerprint density at radius 3 is 2.15 bits per heavy atom. The van der Waals surface area contributed by atoms with Gasteiger partial charge in [0, 0.05) is 5.92 Å². The molecule has 2 aliphatic rings. The summed E-state index contributed by atoms with van der Waals surface area (Å²) in [4.78, 5) is 22.6. The summed E-state index contributed by atoms with van der Waals surface area (Å²) in [6.45, 7) is 0.134. The van der Waals surface area contributed by atoms with Gasteiger partial charge in [0.2, 0.25) is 0 Å². The molecule has 13 heavy (non-hydrogen) atoms. The van der Waals surface area contributed by atoms with Crippen molar-refractivity contribution in [2.75, 3.05) is 13.2 Å². The Labute approximate surface area is 75.9 Å². The van der Waals surface area contributed by atoms with E-state index in [2.05, 4.69) is 0 Å². The van der Waals surface area contributed by atoms with Crippen LogP contribution in [-0.2, 0) is 14.3 Å². The minimum atomic E-state index is -1.19. The number of hydrogen-bond donors (Lipinski definition) is 1. The van der Waals surface area contributed by atoms with Crippen molar-refractivity contribution in [3.05, 3.63) is 0 Å². The molecule has 0 bridgehead atoms. The van der Waals surface area contributed by atoms with Crippen LogP contribution in [-0.4, -0.2) is 30.1 Å². The van der Waals surface area contributed by atoms with Crippen molar-refractivity contribution in [2.45, 2.75) is 19.3 Å². The predicted molar refractivity (Wildman–Crippen MR) is 43.2 cm³/mol. The molecule has 1 heterocycles. The fourth-order valence-corrected chi connectivity index (χ4v) is 1.74. The topological polar surface area (TPSA) is 63.6 Å². The molecule has 72 valence electrons. The van der Waals surface area contributed by atoms with Gasteiger partial charge < -0.3 is 9.84 Å². The molecule has 0 amide bonds. The molecule has 4 nitrogen and oxygen atoms in total. The zero-order valence-electron chi connectivity index (χ0n) is 7.28. The van der Waals surface area contributed by atoms with Gasteiger partial charge in [0.05, 0.1) is 13.2 Å². The van der Waals surface area contributed by atoms with E-state index < -0.39 is 11.4 Å². The third kappa shape index (κ3) is 1.09. The van der Waals surface area contributed by atoms with Crippen molar-refractivity contribution in [3.8, 4) is 0 Å². The SMILES string of the molecule is O=C(O)C1(C(=O)C2CCC2)COC1. The number of carbonyl (C=O) groups excluding carboxylic acids is 1. The smallest absolute Gasteiger partial charge is 0.322 e. The normalized spacial score (nSPS) is 25.8. The minimum absolute atomic E-state index is 0.0139. The molecule has 0 unspecified atom stereocenters. The second-order valence-corrected chi connectivity index (χ2v) is 3.87. The summed E-state index contributed by atoms with van der Waals surface area (Å²) < 4.78 is 4.84. The number of Topliss-reactive ketones (excluding diaryl/α,β-unsaturated/α-hetero) is 1. The van der Waals surface area contributed by atoms with Crippen LogP contribution in [0.5, 0.6) is 0 Å². The second kappa shape index (κ2) is 2.80. The van der Waals surface area contributed by atoms with Crippen molar-refractivity contribution < 1.29 is 19.4 Å². The summed E-state index contributed by atoms with van der Waals surface area (Å²) in [5, 5.41) is 8.92. The molecular weight excluding hydrogens is 172 g/mol. The van der Waals surface area contributed by atoms with Crippen LogP contribution >= 0.6 is 0 Å². The van der Waals surface area contributed by atoms with Crippen LogP contribution in [0.2, 0.25) is 0 Å². The van der Waals surface area contributed by atoms with Gasteiger partial charge in [-0.05, 0) is 12.8 Å². The van der Waals surface area contributed by atoms with Crippen LogP contribution in [0.15, 0.2) is 0 Å². The van der Waals surface area contributed by atoms with E-state index in [1.807, 2.05) is 0 Å². The molecule has 1 saturated heterocycles. The lowest BCUT2D eigenvalue weighted by Crippen LogP contribution is -2.57. The van der Waals surface area contributed by atoms with E-state index in [1.165, 1.54) is 0 Å². The minimum Gasteiger partial charge on any atom is -0.480 e. The van der Waals surface area contributed by atoms with Gasteiger partial charge >= 0.3 is 5.97 Å². The van der Waals surface area contributed by atoms with Crippen LogP contribution in [0.3, 0.4) is 0 Å². The van der Waals surface area contributed by atoms with E-state index in [0.717, 1.165) is 19.3 Å². The number of rotatable bonds is 3. The van der Waals surface area contributed by atoms with Gasteiger partial charge in [-0.15, -0.1) is 0 Å². The first-order chi connectivity index (χ1) is 6.17. The highest BCUT2D eigenvalue weighted by molar-refractivity contribution is 6.05. The van der Waals surface area contributed by atoms with Gasteiger partial charge in [0.15, 0.2) is 11.2 Å². The monoisotopic (exact) mass is 184 g/mol. The van der Waals surface area contributed by atoms with Gasteiger partial charge in [0.1, 0.15) is 0 Å². The van der Waals surface area contributed by atoms with E-state index in [-0.39, 0.29) is 24.9 Å². The molecular formula is C9H12O4. The van der Waals surface area contributed by atoms with E-state index in [0.29, 0.717) is 0 Å². The summed E-state index contributed by atoms with van der Waals surface area (Å²) >= 11 is 0. The Morgan fingerprint density at radius 1 is 1.31 bits per heavy atom. The van der Waals surface area contributed by atoms with Crippen LogP contribution in [0.1, 0.15) is 19.3 Å². The lowest BCUT2D eigenvalue weighted by molar-refractivity contribution is -0.187. The number of carboxylic acid groups (broad SMARTS) is 1. The Balaban J connectivity index is 2.11. The number of aliphatic carboxylic acids is 1. The second-order valence-electron chi connectivity index (χ2n) is 3.87.